The molecule has 1 unspecified atom stereocenters. The third kappa shape index (κ3) is 0.983. The number of aliphatic hydroxyl groups excluding tert-OH is 1. The summed E-state index contributed by atoms with van der Waals surface area (Å²) in [6.45, 7) is 2.18. The summed E-state index contributed by atoms with van der Waals surface area (Å²) in [5.41, 5.74) is 2.60. The van der Waals surface area contributed by atoms with Crippen LogP contribution in [0.4, 0.5) is 0 Å². The van der Waals surface area contributed by atoms with Gasteiger partial charge in [0.1, 0.15) is 0 Å². The average molecular weight is 204 g/mol. The van der Waals surface area contributed by atoms with Crippen LogP contribution >= 0.6 is 11.3 Å². The van der Waals surface area contributed by atoms with Gasteiger partial charge in [-0.25, -0.2) is 0 Å². The van der Waals surface area contributed by atoms with Crippen molar-refractivity contribution in [3.8, 4) is 0 Å². The fourth-order valence-electron chi connectivity index (χ4n) is 2.37. The van der Waals surface area contributed by atoms with E-state index in [0.717, 1.165) is 18.4 Å². The fraction of sp³-hybridized carbons (Fsp3) is 0.333. The quantitative estimate of drug-likeness (QED) is 0.698. The average Bonchev–Trinajstić information content (AvgIpc) is 2.50. The molecule has 0 saturated heterocycles. The maximum absolute atomic E-state index is 9.89. The Hall–Kier alpha value is -0.860. The van der Waals surface area contributed by atoms with Gasteiger partial charge in [0.05, 0.1) is 6.10 Å². The normalized spacial score (nSPS) is 20.3. The van der Waals surface area contributed by atoms with Crippen molar-refractivity contribution in [2.45, 2.75) is 25.9 Å². The van der Waals surface area contributed by atoms with Crippen LogP contribution in [-0.4, -0.2) is 5.11 Å². The smallest absolute Gasteiger partial charge is 0.0799 e. The van der Waals surface area contributed by atoms with Crippen molar-refractivity contribution in [1.29, 1.82) is 0 Å². The van der Waals surface area contributed by atoms with Crippen LogP contribution in [0.2, 0.25) is 0 Å². The van der Waals surface area contributed by atoms with Crippen molar-refractivity contribution in [3.63, 3.8) is 0 Å². The molecule has 14 heavy (non-hydrogen) atoms. The predicted molar refractivity (Wildman–Crippen MR) is 59.8 cm³/mol. The first kappa shape index (κ1) is 8.45. The van der Waals surface area contributed by atoms with Crippen LogP contribution in [0.15, 0.2) is 18.2 Å². The van der Waals surface area contributed by atoms with Crippen LogP contribution in [-0.2, 0) is 6.42 Å². The highest BCUT2D eigenvalue weighted by molar-refractivity contribution is 7.19. The maximum atomic E-state index is 9.89. The van der Waals surface area contributed by atoms with Crippen molar-refractivity contribution in [2.24, 2.45) is 0 Å². The van der Waals surface area contributed by atoms with Gasteiger partial charge in [0.15, 0.2) is 0 Å². The van der Waals surface area contributed by atoms with Crippen LogP contribution < -0.4 is 0 Å². The Morgan fingerprint density at radius 3 is 3.14 bits per heavy atom. The lowest BCUT2D eigenvalue weighted by molar-refractivity contribution is 0.166. The van der Waals surface area contributed by atoms with Crippen LogP contribution in [0.5, 0.6) is 0 Å². The predicted octanol–water partition coefficient (Wildman–Crippen LogP) is 3.19. The lowest BCUT2D eigenvalue weighted by Crippen LogP contribution is -2.06. The van der Waals surface area contributed by atoms with Gasteiger partial charge in [0.25, 0.3) is 0 Å². The van der Waals surface area contributed by atoms with E-state index >= 15 is 0 Å². The van der Waals surface area contributed by atoms with Crippen molar-refractivity contribution in [1.82, 2.24) is 0 Å². The Kier molecular flexibility index (Phi) is 1.70. The van der Waals surface area contributed by atoms with Crippen molar-refractivity contribution < 1.29 is 5.11 Å². The lowest BCUT2D eigenvalue weighted by atomic mass is 9.90. The molecule has 2 heteroatoms. The topological polar surface area (TPSA) is 20.2 Å². The molecule has 1 atom stereocenters. The number of aliphatic hydroxyl groups is 1. The summed E-state index contributed by atoms with van der Waals surface area (Å²) >= 11 is 1.85. The Labute approximate surface area is 87.0 Å². The van der Waals surface area contributed by atoms with E-state index in [1.165, 1.54) is 20.5 Å². The minimum Gasteiger partial charge on any atom is -0.388 e. The molecule has 0 aliphatic heterocycles. The zero-order chi connectivity index (χ0) is 9.71. The lowest BCUT2D eigenvalue weighted by Gasteiger charge is -2.18. The largest absolute Gasteiger partial charge is 0.388 e. The minimum atomic E-state index is -0.250. The number of thiophene rings is 1. The van der Waals surface area contributed by atoms with Gasteiger partial charge < -0.3 is 5.11 Å². The summed E-state index contributed by atoms with van der Waals surface area (Å²) in [6, 6.07) is 6.26. The Morgan fingerprint density at radius 2 is 2.29 bits per heavy atom. The maximum Gasteiger partial charge on any atom is 0.0799 e. The highest BCUT2D eigenvalue weighted by atomic mass is 32.1. The van der Waals surface area contributed by atoms with Gasteiger partial charge in [-0.15, -0.1) is 11.3 Å². The summed E-state index contributed by atoms with van der Waals surface area (Å²) in [5, 5.41) is 11.2. The van der Waals surface area contributed by atoms with E-state index in [9.17, 15) is 5.11 Å². The highest BCUT2D eigenvalue weighted by Gasteiger charge is 2.22. The second-order valence-electron chi connectivity index (χ2n) is 3.91. The number of hydrogen-bond acceptors (Lipinski definition) is 2. The molecule has 1 aliphatic rings. The molecule has 72 valence electrons. The molecule has 0 spiro atoms. The van der Waals surface area contributed by atoms with E-state index < -0.39 is 0 Å². The highest BCUT2D eigenvalue weighted by Crippen LogP contribution is 2.41. The SMILES string of the molecule is Cc1sc2cccc3c2c1CCC3O. The summed E-state index contributed by atoms with van der Waals surface area (Å²) in [4.78, 5) is 1.42. The van der Waals surface area contributed by atoms with E-state index in [0.29, 0.717) is 0 Å². The number of hydrogen-bond donors (Lipinski definition) is 1. The van der Waals surface area contributed by atoms with E-state index in [1.807, 2.05) is 17.4 Å². The van der Waals surface area contributed by atoms with Crippen LogP contribution in [0, 0.1) is 6.92 Å². The fourth-order valence-corrected chi connectivity index (χ4v) is 3.52. The van der Waals surface area contributed by atoms with Crippen LogP contribution in [0.1, 0.15) is 28.5 Å². The van der Waals surface area contributed by atoms with Gasteiger partial charge in [0.2, 0.25) is 0 Å². The monoisotopic (exact) mass is 204 g/mol. The molecule has 1 aromatic heterocycles. The Morgan fingerprint density at radius 1 is 1.43 bits per heavy atom. The molecular weight excluding hydrogens is 192 g/mol. The van der Waals surface area contributed by atoms with E-state index in [1.54, 1.807) is 0 Å². The number of benzene rings is 1. The number of aryl methyl sites for hydroxylation is 2. The van der Waals surface area contributed by atoms with Crippen molar-refractivity contribution in [3.05, 3.63) is 34.2 Å². The minimum absolute atomic E-state index is 0.250. The molecule has 3 rings (SSSR count). The van der Waals surface area contributed by atoms with Crippen LogP contribution in [0.3, 0.4) is 0 Å². The second kappa shape index (κ2) is 2.81. The van der Waals surface area contributed by atoms with Gasteiger partial charge in [-0.05, 0) is 37.0 Å². The molecule has 0 radical (unpaired) electrons. The third-order valence-corrected chi connectivity index (χ3v) is 4.19. The zero-order valence-corrected chi connectivity index (χ0v) is 8.90. The van der Waals surface area contributed by atoms with Gasteiger partial charge in [-0.1, -0.05) is 12.1 Å². The molecule has 0 amide bonds. The third-order valence-electron chi connectivity index (χ3n) is 3.08. The first-order chi connectivity index (χ1) is 6.77. The van der Waals surface area contributed by atoms with Crippen molar-refractivity contribution >= 4 is 21.4 Å². The molecule has 0 saturated carbocycles. The van der Waals surface area contributed by atoms with Gasteiger partial charge in [-0.3, -0.25) is 0 Å². The second-order valence-corrected chi connectivity index (χ2v) is 5.17. The van der Waals surface area contributed by atoms with E-state index in [2.05, 4.69) is 19.1 Å². The number of rotatable bonds is 0. The molecule has 2 aromatic rings. The summed E-state index contributed by atoms with van der Waals surface area (Å²) in [7, 11) is 0. The molecule has 1 nitrogen and oxygen atoms in total. The summed E-state index contributed by atoms with van der Waals surface area (Å²) in [5.74, 6) is 0. The first-order valence-electron chi connectivity index (χ1n) is 4.96. The molecule has 1 aliphatic carbocycles. The molecule has 1 N–H and O–H groups in total. The van der Waals surface area contributed by atoms with Gasteiger partial charge >= 0.3 is 0 Å². The van der Waals surface area contributed by atoms with Crippen LogP contribution in [0.25, 0.3) is 10.1 Å². The molecule has 0 bridgehead atoms. The summed E-state index contributed by atoms with van der Waals surface area (Å²) < 4.78 is 1.33. The Balaban J connectivity index is 2.47. The van der Waals surface area contributed by atoms with Gasteiger partial charge in [0, 0.05) is 15.0 Å². The molecular formula is C12H12OS. The van der Waals surface area contributed by atoms with E-state index in [-0.39, 0.29) is 6.10 Å². The standard InChI is InChI=1S/C12H12OS/c1-7-8-5-6-10(13)9-3-2-4-11(14-7)12(8)9/h2-4,10,13H,5-6H2,1H3. The summed E-state index contributed by atoms with van der Waals surface area (Å²) in [6.07, 6.45) is 1.66. The molecule has 1 aromatic carbocycles. The van der Waals surface area contributed by atoms with E-state index in [4.69, 9.17) is 0 Å². The van der Waals surface area contributed by atoms with Gasteiger partial charge in [-0.2, -0.15) is 0 Å². The molecule has 0 fully saturated rings. The molecule has 1 heterocycles. The Bertz CT molecular complexity index is 498. The first-order valence-corrected chi connectivity index (χ1v) is 5.78. The van der Waals surface area contributed by atoms with Crippen molar-refractivity contribution in [2.75, 3.05) is 0 Å². The zero-order valence-electron chi connectivity index (χ0n) is 8.08.